The zero-order valence-electron chi connectivity index (χ0n) is 11.5. The van der Waals surface area contributed by atoms with Gasteiger partial charge in [-0.25, -0.2) is 0 Å². The number of hydrogen-bond donors (Lipinski definition) is 0. The Balaban J connectivity index is 0.00000225. The molecule has 64 valence electrons. The van der Waals surface area contributed by atoms with Crippen molar-refractivity contribution in [1.29, 1.82) is 0 Å². The molecule has 0 radical (unpaired) electrons. The molecule has 1 heterocycles. The first-order valence-electron chi connectivity index (χ1n) is 5.31. The standard InChI is InChI=1S/C7H14N2O2.K/c1-6-5-7(8-10)3-4-9(6)11-2;/h6,10H,3-5H2,1-2H3;/q;+1/p-1/i4T2,5T,6T;. The molecule has 12 heavy (non-hydrogen) atoms. The van der Waals surface area contributed by atoms with Gasteiger partial charge >= 0.3 is 51.4 Å². The van der Waals surface area contributed by atoms with Crippen LogP contribution in [0.4, 0.5) is 0 Å². The van der Waals surface area contributed by atoms with Crippen LogP contribution in [-0.2, 0) is 4.84 Å². The topological polar surface area (TPSA) is 47.9 Å². The van der Waals surface area contributed by atoms with Gasteiger partial charge in [-0.1, -0.05) is 0 Å². The van der Waals surface area contributed by atoms with Gasteiger partial charge in [-0.2, -0.15) is 5.06 Å². The predicted octanol–water partition coefficient (Wildman–Crippen LogP) is -2.03. The van der Waals surface area contributed by atoms with E-state index >= 15 is 0 Å². The molecule has 1 fully saturated rings. The van der Waals surface area contributed by atoms with Crippen LogP contribution in [0.15, 0.2) is 5.16 Å². The number of rotatable bonds is 1. The summed E-state index contributed by atoms with van der Waals surface area (Å²) in [6, 6.07) is -1.67. The molecule has 0 aromatic rings. The third-order valence-corrected chi connectivity index (χ3v) is 1.40. The Labute approximate surface area is 121 Å². The summed E-state index contributed by atoms with van der Waals surface area (Å²) in [5, 5.41) is 13.8. The van der Waals surface area contributed by atoms with E-state index in [1.807, 2.05) is 0 Å². The second-order valence-corrected chi connectivity index (χ2v) is 2.18. The summed E-state index contributed by atoms with van der Waals surface area (Å²) in [6.45, 7) is -0.678. The minimum Gasteiger partial charge on any atom is -0.792 e. The summed E-state index contributed by atoms with van der Waals surface area (Å²) in [5.74, 6) is 0. The van der Waals surface area contributed by atoms with E-state index in [2.05, 4.69) is 5.16 Å². The molecule has 0 aromatic heterocycles. The van der Waals surface area contributed by atoms with Crippen molar-refractivity contribution in [3.63, 3.8) is 0 Å². The number of hydroxylamine groups is 2. The minimum absolute atomic E-state index is 0. The Hall–Kier alpha value is 1.03. The van der Waals surface area contributed by atoms with Gasteiger partial charge < -0.3 is 15.2 Å². The van der Waals surface area contributed by atoms with E-state index in [4.69, 9.17) is 10.3 Å². The van der Waals surface area contributed by atoms with Crippen molar-refractivity contribution in [2.45, 2.75) is 25.8 Å². The molecule has 1 saturated heterocycles. The average molecular weight is 204 g/mol. The Kier molecular flexibility index (Phi) is 3.96. The van der Waals surface area contributed by atoms with E-state index in [1.165, 1.54) is 14.0 Å². The van der Waals surface area contributed by atoms with Crippen LogP contribution in [0, 0.1) is 5.21 Å². The second-order valence-electron chi connectivity index (χ2n) is 2.18. The Morgan fingerprint density at radius 2 is 2.58 bits per heavy atom. The SMILES string of the molecule is [3H]C1C(=N[O-])CC([3H])([3H])N(OC)C1([3H])C.[K+]. The summed E-state index contributed by atoms with van der Waals surface area (Å²) < 4.78 is 30.7. The zero-order chi connectivity index (χ0) is 11.9. The van der Waals surface area contributed by atoms with E-state index in [0.29, 0.717) is 0 Å². The van der Waals surface area contributed by atoms with Crippen molar-refractivity contribution in [3.05, 3.63) is 5.21 Å². The molecule has 0 aromatic carbocycles. The number of piperidine rings is 1. The monoisotopic (exact) mass is 204 g/mol. The maximum Gasteiger partial charge on any atom is 1.00 e. The first kappa shape index (κ1) is 7.34. The van der Waals surface area contributed by atoms with Gasteiger partial charge in [0.25, 0.3) is 0 Å². The summed E-state index contributed by atoms with van der Waals surface area (Å²) in [5.41, 5.74) is -0.161. The molecule has 1 aliphatic rings. The fraction of sp³-hybridized carbons (Fsp3) is 0.857. The summed E-state index contributed by atoms with van der Waals surface area (Å²) in [7, 11) is 1.23. The molecule has 0 spiro atoms. The Morgan fingerprint density at radius 3 is 3.08 bits per heavy atom. The zero-order valence-corrected chi connectivity index (χ0v) is 10.6. The summed E-state index contributed by atoms with van der Waals surface area (Å²) in [4.78, 5) is 4.78. The molecule has 5 heteroatoms. The summed E-state index contributed by atoms with van der Waals surface area (Å²) >= 11 is 0. The Morgan fingerprint density at radius 1 is 1.92 bits per heavy atom. The van der Waals surface area contributed by atoms with Gasteiger partial charge in [-0.3, -0.25) is 0 Å². The van der Waals surface area contributed by atoms with Crippen LogP contribution >= 0.6 is 0 Å². The van der Waals surface area contributed by atoms with Crippen molar-refractivity contribution in [2.24, 2.45) is 5.16 Å². The van der Waals surface area contributed by atoms with Gasteiger partial charge in [0.2, 0.25) is 0 Å². The molecule has 0 bridgehead atoms. The molecule has 0 amide bonds. The van der Waals surface area contributed by atoms with E-state index in [-0.39, 0.29) is 63.5 Å². The molecule has 2 atom stereocenters. The third-order valence-electron chi connectivity index (χ3n) is 1.40. The number of hydrogen-bond acceptors (Lipinski definition) is 4. The fourth-order valence-electron chi connectivity index (χ4n) is 0.895. The van der Waals surface area contributed by atoms with E-state index in [0.717, 1.165) is 5.06 Å². The first-order valence-corrected chi connectivity index (χ1v) is 3.23. The van der Waals surface area contributed by atoms with E-state index in [1.54, 1.807) is 0 Å². The van der Waals surface area contributed by atoms with Crippen LogP contribution < -0.4 is 51.4 Å². The first-order chi connectivity index (χ1) is 6.77. The maximum atomic E-state index is 10.4. The molecule has 0 aliphatic carbocycles. The molecule has 1 rings (SSSR count). The van der Waals surface area contributed by atoms with Gasteiger partial charge in [-0.05, 0) is 6.92 Å². The van der Waals surface area contributed by atoms with Crippen molar-refractivity contribution < 1.29 is 61.7 Å². The molecular weight excluding hydrogens is 183 g/mol. The normalized spacial score (nSPS) is 49.8. The van der Waals surface area contributed by atoms with E-state index < -0.39 is 18.9 Å². The molecule has 0 saturated carbocycles. The van der Waals surface area contributed by atoms with Crippen LogP contribution in [0.25, 0.3) is 0 Å². The minimum atomic E-state index is -1.99. The maximum absolute atomic E-state index is 10.4. The van der Waals surface area contributed by atoms with Crippen LogP contribution in [0.2, 0.25) is 0 Å². The third kappa shape index (κ3) is 3.41. The van der Waals surface area contributed by atoms with Crippen LogP contribution in [0.5, 0.6) is 0 Å². The molecule has 0 N–H and O–H groups in total. The largest absolute Gasteiger partial charge is 1.00 e. The molecular formula is C7H13KN2O2. The second kappa shape index (κ2) is 6.48. The van der Waals surface area contributed by atoms with Crippen LogP contribution in [-0.4, -0.2) is 30.4 Å². The quantitative estimate of drug-likeness (QED) is 0.366. The van der Waals surface area contributed by atoms with Crippen LogP contribution in [0.1, 0.15) is 25.2 Å². The molecule has 4 nitrogen and oxygen atoms in total. The molecule has 1 aliphatic heterocycles. The predicted molar refractivity (Wildman–Crippen MR) is 43.2 cm³/mol. The fourth-order valence-corrected chi connectivity index (χ4v) is 0.895. The van der Waals surface area contributed by atoms with Crippen LogP contribution in [0.3, 0.4) is 0 Å². The average Bonchev–Trinajstić information content (AvgIpc) is 2.11. The van der Waals surface area contributed by atoms with Gasteiger partial charge in [0.05, 0.1) is 7.11 Å². The molecule has 2 unspecified atom stereocenters. The van der Waals surface area contributed by atoms with Gasteiger partial charge in [0.15, 0.2) is 0 Å². The summed E-state index contributed by atoms with van der Waals surface area (Å²) in [6.07, 6.45) is -1.52. The van der Waals surface area contributed by atoms with Gasteiger partial charge in [0.1, 0.15) is 0 Å². The smallest absolute Gasteiger partial charge is 0.792 e. The van der Waals surface area contributed by atoms with Gasteiger partial charge in [-0.15, -0.1) is 0 Å². The van der Waals surface area contributed by atoms with E-state index in [9.17, 15) is 5.21 Å². The van der Waals surface area contributed by atoms with Crippen molar-refractivity contribution in [2.75, 3.05) is 13.6 Å². The van der Waals surface area contributed by atoms with Crippen molar-refractivity contribution >= 4 is 5.71 Å². The van der Waals surface area contributed by atoms with Crippen molar-refractivity contribution in [1.82, 2.24) is 5.06 Å². The van der Waals surface area contributed by atoms with Gasteiger partial charge in [0, 0.05) is 36.5 Å². The Bertz CT molecular complexity index is 288. The van der Waals surface area contributed by atoms with Crippen molar-refractivity contribution in [3.8, 4) is 0 Å². The number of nitrogens with zero attached hydrogens (tertiary/aromatic N) is 2.